The molecule has 1 heterocycles. The third-order valence-corrected chi connectivity index (χ3v) is 12.5. The summed E-state index contributed by atoms with van der Waals surface area (Å²) in [4.78, 5) is 38.7. The van der Waals surface area contributed by atoms with Crippen LogP contribution < -0.4 is 9.47 Å². The third-order valence-electron chi connectivity index (χ3n) is 8.66. The van der Waals surface area contributed by atoms with Crippen LogP contribution in [0.15, 0.2) is 84.4 Å². The molecule has 0 aliphatic carbocycles. The van der Waals surface area contributed by atoms with Crippen molar-refractivity contribution in [1.29, 1.82) is 0 Å². The zero-order valence-corrected chi connectivity index (χ0v) is 28.0. The second-order valence-corrected chi connectivity index (χ2v) is 17.2. The van der Waals surface area contributed by atoms with Gasteiger partial charge in [0.05, 0.1) is 16.6 Å². The monoisotopic (exact) mass is 651 g/mol. The Morgan fingerprint density at radius 2 is 1.60 bits per heavy atom. The molecule has 1 aliphatic heterocycles. The van der Waals surface area contributed by atoms with Crippen LogP contribution in [0.4, 0.5) is 4.79 Å². The molecule has 1 aliphatic rings. The number of carboxylic acid groups (broad SMARTS) is 1. The van der Waals surface area contributed by atoms with Gasteiger partial charge in [-0.3, -0.25) is 0 Å². The molecule has 0 saturated heterocycles. The van der Waals surface area contributed by atoms with Gasteiger partial charge >= 0.3 is 12.1 Å². The summed E-state index contributed by atoms with van der Waals surface area (Å²) in [5, 5.41) is 10.7. The number of halogens is 1. The molecule has 3 aromatic carbocycles. The first kappa shape index (κ1) is 34.1. The molecule has 0 spiro atoms. The minimum atomic E-state index is -2.58. The Morgan fingerprint density at radius 1 is 0.956 bits per heavy atom. The van der Waals surface area contributed by atoms with Crippen molar-refractivity contribution in [3.8, 4) is 11.5 Å². The molecule has 45 heavy (non-hydrogen) atoms. The average molecular weight is 652 g/mol. The van der Waals surface area contributed by atoms with E-state index in [1.807, 2.05) is 81.5 Å². The van der Waals surface area contributed by atoms with Crippen molar-refractivity contribution in [3.05, 3.63) is 101 Å². The third kappa shape index (κ3) is 8.90. The van der Waals surface area contributed by atoms with Gasteiger partial charge in [0.1, 0.15) is 31.3 Å². The van der Waals surface area contributed by atoms with Gasteiger partial charge in [0.15, 0.2) is 8.32 Å². The molecule has 1 unspecified atom stereocenters. The lowest BCUT2D eigenvalue weighted by Crippen LogP contribution is -2.48. The van der Waals surface area contributed by atoms with E-state index in [1.165, 1.54) is 4.90 Å². The van der Waals surface area contributed by atoms with Gasteiger partial charge in [-0.15, -0.1) is 0 Å². The van der Waals surface area contributed by atoms with Gasteiger partial charge < -0.3 is 29.0 Å². The minimum Gasteiger partial charge on any atom is -0.490 e. The number of carbonyl (C=O) groups excluding carboxylic acids is 1. The van der Waals surface area contributed by atoms with Crippen LogP contribution in [0.5, 0.6) is 11.5 Å². The highest BCUT2D eigenvalue weighted by atomic mass is 35.5. The predicted molar refractivity (Wildman–Crippen MR) is 178 cm³/mol. The highest BCUT2D eigenvalue weighted by molar-refractivity contribution is 6.72. The Morgan fingerprint density at radius 3 is 2.24 bits per heavy atom. The van der Waals surface area contributed by atoms with Crippen molar-refractivity contribution in [1.82, 2.24) is 4.90 Å². The molecular weight excluding hydrogens is 610 g/mol. The van der Waals surface area contributed by atoms with E-state index in [0.717, 1.165) is 11.1 Å². The van der Waals surface area contributed by atoms with Crippen molar-refractivity contribution >= 4 is 37.6 Å². The summed E-state index contributed by atoms with van der Waals surface area (Å²) in [7, 11) is -2.58. The predicted octanol–water partition coefficient (Wildman–Crippen LogP) is 7.80. The highest BCUT2D eigenvalue weighted by Gasteiger charge is 2.42. The van der Waals surface area contributed by atoms with Gasteiger partial charge in [-0.2, -0.15) is 0 Å². The number of benzene rings is 3. The fraction of sp³-hybridized carbons (Fsp3) is 0.371. The zero-order valence-electron chi connectivity index (χ0n) is 26.3. The Hall–Kier alpha value is -3.79. The first-order valence-electron chi connectivity index (χ1n) is 15.1. The average Bonchev–Trinajstić information content (AvgIpc) is 3.01. The summed E-state index contributed by atoms with van der Waals surface area (Å²) in [6.45, 7) is 8.78. The van der Waals surface area contributed by atoms with Gasteiger partial charge in [0.25, 0.3) is 0 Å². The first-order chi connectivity index (χ1) is 21.4. The largest absolute Gasteiger partial charge is 0.490 e. The summed E-state index contributed by atoms with van der Waals surface area (Å²) in [5.41, 5.74) is 2.45. The maximum absolute atomic E-state index is 13.4. The van der Waals surface area contributed by atoms with E-state index in [9.17, 15) is 19.5 Å². The van der Waals surface area contributed by atoms with Crippen molar-refractivity contribution in [2.45, 2.75) is 63.9 Å². The van der Waals surface area contributed by atoms with Crippen LogP contribution in [0.25, 0.3) is 5.57 Å². The van der Waals surface area contributed by atoms with Crippen LogP contribution in [0.3, 0.4) is 0 Å². The number of amides is 1. The minimum absolute atomic E-state index is 0.0921. The number of aliphatic carboxylic acids is 1. The molecular formula is C35H42ClNO7Si. The topological polar surface area (TPSA) is 106 Å². The van der Waals surface area contributed by atoms with Gasteiger partial charge in [0, 0.05) is 6.54 Å². The molecule has 0 bridgehead atoms. The van der Waals surface area contributed by atoms with Crippen LogP contribution in [0.1, 0.15) is 44.2 Å². The summed E-state index contributed by atoms with van der Waals surface area (Å²) in [6, 6.07) is 23.2. The number of ether oxygens (including phenoxy) is 3. The zero-order chi connectivity index (χ0) is 32.6. The summed E-state index contributed by atoms with van der Waals surface area (Å²) in [6.07, 6.45) is 0.724. The van der Waals surface area contributed by atoms with E-state index in [0.29, 0.717) is 61.1 Å². The van der Waals surface area contributed by atoms with Crippen LogP contribution >= 0.6 is 11.6 Å². The number of hydrogen-bond acceptors (Lipinski definition) is 6. The van der Waals surface area contributed by atoms with E-state index in [1.54, 1.807) is 24.3 Å². The van der Waals surface area contributed by atoms with E-state index < -0.39 is 31.5 Å². The molecule has 8 nitrogen and oxygen atoms in total. The number of carboxylic acids is 1. The maximum Gasteiger partial charge on any atom is 0.410 e. The van der Waals surface area contributed by atoms with Crippen LogP contribution in [-0.2, 0) is 16.1 Å². The molecule has 1 amide bonds. The Balaban J connectivity index is 1.53. The van der Waals surface area contributed by atoms with E-state index in [-0.39, 0.29) is 12.2 Å². The molecule has 0 fully saturated rings. The number of carbonyl (C=O) groups is 2. The highest BCUT2D eigenvalue weighted by Crippen LogP contribution is 2.43. The Kier molecular flexibility index (Phi) is 11.4. The fourth-order valence-electron chi connectivity index (χ4n) is 5.20. The lowest BCUT2D eigenvalue weighted by molar-refractivity contribution is -0.133. The Labute approximate surface area is 271 Å². The number of para-hydroxylation sites is 1. The number of rotatable bonds is 13. The summed E-state index contributed by atoms with van der Waals surface area (Å²) >= 11 is 6.13. The van der Waals surface area contributed by atoms with Gasteiger partial charge in [0.2, 0.25) is 0 Å². The molecule has 0 aromatic heterocycles. The van der Waals surface area contributed by atoms with Gasteiger partial charge in [-0.05, 0) is 78.4 Å². The maximum atomic E-state index is 13.4. The fourth-order valence-corrected chi connectivity index (χ4v) is 6.15. The van der Waals surface area contributed by atoms with Gasteiger partial charge in [-0.25, -0.2) is 9.59 Å². The molecule has 240 valence electrons. The SMILES string of the molecule is CC(C)(CCC1C(C(=O)O)=C(c2ccc(OCCOc3ccccc3Cl)cc2)CCN1C(=O)OCc1ccccc1)[Si](C)(C)O. The second kappa shape index (κ2) is 15.0. The molecule has 3 aromatic rings. The molecule has 2 N–H and O–H groups in total. The number of nitrogens with zero attached hydrogens (tertiary/aromatic N) is 1. The van der Waals surface area contributed by atoms with Crippen molar-refractivity contribution in [3.63, 3.8) is 0 Å². The van der Waals surface area contributed by atoms with Crippen molar-refractivity contribution in [2.75, 3.05) is 19.8 Å². The van der Waals surface area contributed by atoms with Crippen LogP contribution in [0, 0.1) is 0 Å². The lowest BCUT2D eigenvalue weighted by atomic mass is 9.85. The van der Waals surface area contributed by atoms with Crippen molar-refractivity contribution in [2.24, 2.45) is 0 Å². The standard InChI is InChI=1S/C35H42ClNO7Si/c1-35(2,45(3,4)41)20-18-30-32(33(38)39)28(19-21-37(30)34(40)44-24-25-10-6-5-7-11-25)26-14-16-27(17-15-26)42-22-23-43-31-13-9-8-12-29(31)36/h5-17,30,41H,18-24H2,1-4H3,(H,38,39). The van der Waals surface area contributed by atoms with E-state index in [4.69, 9.17) is 25.8 Å². The molecule has 10 heteroatoms. The summed E-state index contributed by atoms with van der Waals surface area (Å²) in [5.74, 6) is 0.129. The molecule has 0 radical (unpaired) electrons. The van der Waals surface area contributed by atoms with Crippen LogP contribution in [0.2, 0.25) is 23.2 Å². The lowest BCUT2D eigenvalue weighted by Gasteiger charge is -2.40. The number of hydrogen-bond donors (Lipinski definition) is 2. The molecule has 4 rings (SSSR count). The van der Waals surface area contributed by atoms with Crippen LogP contribution in [-0.4, -0.2) is 61.0 Å². The van der Waals surface area contributed by atoms with E-state index in [2.05, 4.69) is 0 Å². The van der Waals surface area contributed by atoms with Gasteiger partial charge in [-0.1, -0.05) is 80.0 Å². The second-order valence-electron chi connectivity index (χ2n) is 12.3. The normalized spacial score (nSPS) is 15.5. The quantitative estimate of drug-likeness (QED) is 0.143. The Bertz CT molecular complexity index is 1490. The first-order valence-corrected chi connectivity index (χ1v) is 18.5. The summed E-state index contributed by atoms with van der Waals surface area (Å²) < 4.78 is 17.2. The molecule has 1 atom stereocenters. The smallest absolute Gasteiger partial charge is 0.410 e. The molecule has 0 saturated carbocycles. The van der Waals surface area contributed by atoms with Crippen molar-refractivity contribution < 1.29 is 33.7 Å². The van der Waals surface area contributed by atoms with E-state index >= 15 is 0 Å².